The number of amides is 1. The summed E-state index contributed by atoms with van der Waals surface area (Å²) in [6, 6.07) is -1.87. The zero-order valence-electron chi connectivity index (χ0n) is 7.22. The van der Waals surface area contributed by atoms with Crippen molar-refractivity contribution in [1.82, 2.24) is 4.90 Å². The van der Waals surface area contributed by atoms with Crippen LogP contribution in [0.15, 0.2) is 0 Å². The third-order valence-electron chi connectivity index (χ3n) is 2.22. The highest BCUT2D eigenvalue weighted by Crippen LogP contribution is 2.36. The van der Waals surface area contributed by atoms with Gasteiger partial charge in [0.1, 0.15) is 11.6 Å². The van der Waals surface area contributed by atoms with Crippen LogP contribution in [0.25, 0.3) is 0 Å². The van der Waals surface area contributed by atoms with Crippen molar-refractivity contribution in [3.8, 4) is 0 Å². The molecule has 13 heavy (non-hydrogen) atoms. The van der Waals surface area contributed by atoms with E-state index in [1.54, 1.807) is 0 Å². The number of likely N-dealkylation sites (N-methyl/N-ethyl adjacent to an activating group) is 1. The SMILES string of the molecule is CN1C(=O)C(C)(O)CC1C(F)(F)F. The van der Waals surface area contributed by atoms with Crippen LogP contribution < -0.4 is 0 Å². The molecular weight excluding hydrogens is 187 g/mol. The van der Waals surface area contributed by atoms with Gasteiger partial charge in [-0.05, 0) is 6.92 Å². The molecule has 1 rings (SSSR count). The molecule has 0 aromatic rings. The van der Waals surface area contributed by atoms with Gasteiger partial charge in [0, 0.05) is 13.5 Å². The number of alkyl halides is 3. The molecule has 0 aromatic carbocycles. The highest BCUT2D eigenvalue weighted by atomic mass is 19.4. The molecule has 0 spiro atoms. The summed E-state index contributed by atoms with van der Waals surface area (Å²) in [5, 5.41) is 9.28. The number of carbonyl (C=O) groups excluding carboxylic acids is 1. The minimum Gasteiger partial charge on any atom is -0.380 e. The fourth-order valence-corrected chi connectivity index (χ4v) is 1.46. The average Bonchev–Trinajstić information content (AvgIpc) is 2.12. The minimum absolute atomic E-state index is 0.542. The Morgan fingerprint density at radius 1 is 1.62 bits per heavy atom. The van der Waals surface area contributed by atoms with E-state index < -0.39 is 30.1 Å². The standard InChI is InChI=1S/C7H10F3NO2/c1-6(13)3-4(7(8,9)10)11(2)5(6)12/h4,13H,3H2,1-2H3. The zero-order valence-corrected chi connectivity index (χ0v) is 7.22. The molecule has 1 N–H and O–H groups in total. The first-order valence-corrected chi connectivity index (χ1v) is 3.72. The number of hydrogen-bond donors (Lipinski definition) is 1. The Morgan fingerprint density at radius 3 is 2.23 bits per heavy atom. The quantitative estimate of drug-likeness (QED) is 0.615. The summed E-state index contributed by atoms with van der Waals surface area (Å²) in [4.78, 5) is 11.6. The van der Waals surface area contributed by atoms with Gasteiger partial charge in [-0.15, -0.1) is 0 Å². The molecule has 3 nitrogen and oxygen atoms in total. The Hall–Kier alpha value is -0.780. The molecule has 1 aliphatic rings. The van der Waals surface area contributed by atoms with E-state index in [9.17, 15) is 23.1 Å². The lowest BCUT2D eigenvalue weighted by Gasteiger charge is -2.21. The predicted octanol–water partition coefficient (Wildman–Crippen LogP) is 0.530. The average molecular weight is 197 g/mol. The smallest absolute Gasteiger partial charge is 0.380 e. The van der Waals surface area contributed by atoms with Crippen molar-refractivity contribution < 1.29 is 23.1 Å². The van der Waals surface area contributed by atoms with Gasteiger partial charge in [-0.3, -0.25) is 4.79 Å². The van der Waals surface area contributed by atoms with Crippen LogP contribution >= 0.6 is 0 Å². The Bertz CT molecular complexity index is 236. The number of nitrogens with zero attached hydrogens (tertiary/aromatic N) is 1. The maximum atomic E-state index is 12.2. The summed E-state index contributed by atoms with van der Waals surface area (Å²) >= 11 is 0. The molecule has 2 atom stereocenters. The number of likely N-dealkylation sites (tertiary alicyclic amines) is 1. The van der Waals surface area contributed by atoms with Gasteiger partial charge in [0.2, 0.25) is 0 Å². The maximum Gasteiger partial charge on any atom is 0.408 e. The van der Waals surface area contributed by atoms with Crippen molar-refractivity contribution in [1.29, 1.82) is 0 Å². The first-order valence-electron chi connectivity index (χ1n) is 3.72. The Kier molecular flexibility index (Phi) is 2.06. The van der Waals surface area contributed by atoms with Gasteiger partial charge < -0.3 is 10.0 Å². The zero-order chi connectivity index (χ0) is 10.4. The lowest BCUT2D eigenvalue weighted by atomic mass is 10.0. The van der Waals surface area contributed by atoms with Gasteiger partial charge in [0.25, 0.3) is 5.91 Å². The molecular formula is C7H10F3NO2. The van der Waals surface area contributed by atoms with E-state index in [-0.39, 0.29) is 0 Å². The molecule has 0 saturated carbocycles. The third kappa shape index (κ3) is 1.63. The summed E-state index contributed by atoms with van der Waals surface area (Å²) in [5.41, 5.74) is -1.88. The van der Waals surface area contributed by atoms with Crippen molar-refractivity contribution in [3.63, 3.8) is 0 Å². The van der Waals surface area contributed by atoms with E-state index in [1.165, 1.54) is 0 Å². The van der Waals surface area contributed by atoms with Crippen molar-refractivity contribution in [2.75, 3.05) is 7.05 Å². The van der Waals surface area contributed by atoms with E-state index >= 15 is 0 Å². The second-order valence-electron chi connectivity index (χ2n) is 3.45. The minimum atomic E-state index is -4.47. The lowest BCUT2D eigenvalue weighted by Crippen LogP contribution is -2.41. The van der Waals surface area contributed by atoms with Crippen molar-refractivity contribution in [2.45, 2.75) is 31.2 Å². The van der Waals surface area contributed by atoms with Crippen LogP contribution in [0, 0.1) is 0 Å². The first kappa shape index (κ1) is 10.3. The van der Waals surface area contributed by atoms with E-state index in [4.69, 9.17) is 0 Å². The highest BCUT2D eigenvalue weighted by Gasteiger charge is 2.56. The molecule has 2 unspecified atom stereocenters. The first-order chi connectivity index (χ1) is 5.66. The Balaban J connectivity index is 2.91. The molecule has 1 fully saturated rings. The van der Waals surface area contributed by atoms with Gasteiger partial charge in [-0.25, -0.2) is 0 Å². The van der Waals surface area contributed by atoms with Gasteiger partial charge in [-0.1, -0.05) is 0 Å². The molecule has 0 bridgehead atoms. The van der Waals surface area contributed by atoms with Gasteiger partial charge in [0.05, 0.1) is 0 Å². The monoisotopic (exact) mass is 197 g/mol. The highest BCUT2D eigenvalue weighted by molar-refractivity contribution is 5.87. The molecule has 76 valence electrons. The van der Waals surface area contributed by atoms with Crippen LogP contribution in [0.3, 0.4) is 0 Å². The van der Waals surface area contributed by atoms with Crippen LogP contribution in [0.4, 0.5) is 13.2 Å². The summed E-state index contributed by atoms with van der Waals surface area (Å²) in [6.07, 6.45) is -5.06. The van der Waals surface area contributed by atoms with Crippen molar-refractivity contribution in [3.05, 3.63) is 0 Å². The van der Waals surface area contributed by atoms with Gasteiger partial charge >= 0.3 is 6.18 Å². The predicted molar refractivity (Wildman–Crippen MR) is 37.9 cm³/mol. The normalized spacial score (nSPS) is 35.7. The van der Waals surface area contributed by atoms with Crippen LogP contribution in [0.5, 0.6) is 0 Å². The van der Waals surface area contributed by atoms with E-state index in [0.29, 0.717) is 4.90 Å². The second-order valence-corrected chi connectivity index (χ2v) is 3.45. The van der Waals surface area contributed by atoms with Crippen LogP contribution in [0.1, 0.15) is 13.3 Å². The molecule has 1 aliphatic heterocycles. The largest absolute Gasteiger partial charge is 0.408 e. The molecule has 1 heterocycles. The number of halogens is 3. The van der Waals surface area contributed by atoms with E-state index in [2.05, 4.69) is 0 Å². The topological polar surface area (TPSA) is 40.5 Å². The Morgan fingerprint density at radius 2 is 2.08 bits per heavy atom. The van der Waals surface area contributed by atoms with Gasteiger partial charge in [0.15, 0.2) is 0 Å². The Labute approximate surface area is 73.1 Å². The van der Waals surface area contributed by atoms with Gasteiger partial charge in [-0.2, -0.15) is 13.2 Å². The number of rotatable bonds is 0. The number of aliphatic hydroxyl groups is 1. The van der Waals surface area contributed by atoms with Crippen molar-refractivity contribution >= 4 is 5.91 Å². The molecule has 1 amide bonds. The number of carbonyl (C=O) groups is 1. The van der Waals surface area contributed by atoms with E-state index in [0.717, 1.165) is 14.0 Å². The lowest BCUT2D eigenvalue weighted by molar-refractivity contribution is -0.177. The van der Waals surface area contributed by atoms with Crippen LogP contribution in [-0.2, 0) is 4.79 Å². The molecule has 6 heteroatoms. The second kappa shape index (κ2) is 2.60. The fourth-order valence-electron chi connectivity index (χ4n) is 1.46. The van der Waals surface area contributed by atoms with Crippen LogP contribution in [0.2, 0.25) is 0 Å². The molecule has 0 aromatic heterocycles. The number of hydrogen-bond acceptors (Lipinski definition) is 2. The van der Waals surface area contributed by atoms with Crippen molar-refractivity contribution in [2.24, 2.45) is 0 Å². The fraction of sp³-hybridized carbons (Fsp3) is 0.857. The molecule has 1 saturated heterocycles. The summed E-state index contributed by atoms with van der Waals surface area (Å²) < 4.78 is 36.7. The maximum absolute atomic E-state index is 12.2. The molecule has 0 aliphatic carbocycles. The summed E-state index contributed by atoms with van der Waals surface area (Å²) in [5.74, 6) is -0.880. The summed E-state index contributed by atoms with van der Waals surface area (Å²) in [7, 11) is 1.04. The molecule has 0 radical (unpaired) electrons. The summed E-state index contributed by atoms with van der Waals surface area (Å²) in [6.45, 7) is 1.09. The third-order valence-corrected chi connectivity index (χ3v) is 2.22. The van der Waals surface area contributed by atoms with E-state index in [1.807, 2.05) is 0 Å². The van der Waals surface area contributed by atoms with Crippen LogP contribution in [-0.4, -0.2) is 40.8 Å².